The molecule has 0 bridgehead atoms. The van der Waals surface area contributed by atoms with Crippen LogP contribution in [0.4, 0.5) is 0 Å². The van der Waals surface area contributed by atoms with E-state index in [0.717, 1.165) is 33.9 Å². The summed E-state index contributed by atoms with van der Waals surface area (Å²) in [5.74, 6) is 3.05. The summed E-state index contributed by atoms with van der Waals surface area (Å²) in [6.45, 7) is 0.423. The van der Waals surface area contributed by atoms with Gasteiger partial charge in [0.15, 0.2) is 22.5 Å². The van der Waals surface area contributed by atoms with Gasteiger partial charge in [0.2, 0.25) is 0 Å². The summed E-state index contributed by atoms with van der Waals surface area (Å²) < 4.78 is 23.9. The van der Waals surface area contributed by atoms with Gasteiger partial charge in [0.25, 0.3) is 5.91 Å². The average Bonchev–Trinajstić information content (AvgIpc) is 3.51. The van der Waals surface area contributed by atoms with E-state index in [-0.39, 0.29) is 11.7 Å². The highest BCUT2D eigenvalue weighted by Gasteiger charge is 2.18. The molecule has 11 heteroatoms. The second-order valence-corrected chi connectivity index (χ2v) is 10.3. The molecule has 44 heavy (non-hydrogen) atoms. The van der Waals surface area contributed by atoms with Gasteiger partial charge in [-0.25, -0.2) is 5.43 Å². The number of carbonyl (C=O) groups is 1. The fourth-order valence-electron chi connectivity index (χ4n) is 4.21. The van der Waals surface area contributed by atoms with Gasteiger partial charge in [0.05, 0.1) is 33.3 Å². The summed E-state index contributed by atoms with van der Waals surface area (Å²) in [6, 6.07) is 30.4. The Bertz CT molecular complexity index is 1710. The van der Waals surface area contributed by atoms with Crippen LogP contribution in [0.15, 0.2) is 107 Å². The number of hydrogen-bond donors (Lipinski definition) is 1. The zero-order chi connectivity index (χ0) is 30.7. The highest BCUT2D eigenvalue weighted by atomic mass is 32.2. The van der Waals surface area contributed by atoms with E-state index in [0.29, 0.717) is 29.1 Å². The Morgan fingerprint density at radius 1 is 0.841 bits per heavy atom. The van der Waals surface area contributed by atoms with Crippen molar-refractivity contribution in [2.24, 2.45) is 5.10 Å². The molecule has 10 nitrogen and oxygen atoms in total. The molecule has 1 amide bonds. The zero-order valence-corrected chi connectivity index (χ0v) is 25.3. The van der Waals surface area contributed by atoms with Gasteiger partial charge in [-0.3, -0.25) is 9.36 Å². The minimum Gasteiger partial charge on any atom is -0.497 e. The lowest BCUT2D eigenvalue weighted by Gasteiger charge is -2.11. The van der Waals surface area contributed by atoms with E-state index in [9.17, 15) is 4.79 Å². The molecule has 0 saturated carbocycles. The number of nitrogens with one attached hydrogen (secondary N) is 1. The Morgan fingerprint density at radius 2 is 1.55 bits per heavy atom. The van der Waals surface area contributed by atoms with Crippen LogP contribution < -0.4 is 24.4 Å². The normalized spacial score (nSPS) is 10.9. The van der Waals surface area contributed by atoms with E-state index in [4.69, 9.17) is 18.9 Å². The quantitative estimate of drug-likeness (QED) is 0.102. The maximum absolute atomic E-state index is 12.7. The monoisotopic (exact) mass is 609 g/mol. The first-order valence-corrected chi connectivity index (χ1v) is 14.6. The van der Waals surface area contributed by atoms with E-state index in [1.54, 1.807) is 33.6 Å². The molecular weight excluding hydrogens is 578 g/mol. The molecule has 0 fully saturated rings. The highest BCUT2D eigenvalue weighted by Crippen LogP contribution is 2.30. The van der Waals surface area contributed by atoms with Crippen LogP contribution in [-0.4, -0.2) is 54.0 Å². The second-order valence-electron chi connectivity index (χ2n) is 9.33. The smallest absolute Gasteiger partial charge is 0.250 e. The maximum atomic E-state index is 12.7. The summed E-state index contributed by atoms with van der Waals surface area (Å²) in [5, 5.41) is 13.5. The molecule has 224 valence electrons. The van der Waals surface area contributed by atoms with E-state index >= 15 is 0 Å². The third kappa shape index (κ3) is 7.56. The standard InChI is InChI=1S/C33H31N5O5S/c1-40-27-14-10-25(11-15-27)32-36-37-33(38(32)26-12-16-28(41-2)17-13-26)44-22-31(39)35-34-20-24-9-18-29(30(19-24)42-3)43-21-23-7-5-4-6-8-23/h4-20H,21-22H2,1-3H3,(H,35,39)/b34-20-. The van der Waals surface area contributed by atoms with Crippen molar-refractivity contribution in [1.82, 2.24) is 20.2 Å². The number of rotatable bonds is 13. The highest BCUT2D eigenvalue weighted by molar-refractivity contribution is 7.99. The molecule has 0 spiro atoms. The fraction of sp³-hybridized carbons (Fsp3) is 0.152. The van der Waals surface area contributed by atoms with E-state index in [2.05, 4.69) is 20.7 Å². The topological polar surface area (TPSA) is 109 Å². The van der Waals surface area contributed by atoms with Crippen molar-refractivity contribution in [3.8, 4) is 40.1 Å². The van der Waals surface area contributed by atoms with Crippen LogP contribution in [0, 0.1) is 0 Å². The van der Waals surface area contributed by atoms with Gasteiger partial charge in [-0.05, 0) is 77.9 Å². The number of nitrogens with zero attached hydrogens (tertiary/aromatic N) is 4. The number of methoxy groups -OCH3 is 3. The predicted molar refractivity (Wildman–Crippen MR) is 170 cm³/mol. The fourth-order valence-corrected chi connectivity index (χ4v) is 4.96. The van der Waals surface area contributed by atoms with Crippen LogP contribution in [0.25, 0.3) is 17.1 Å². The minimum absolute atomic E-state index is 0.0732. The van der Waals surface area contributed by atoms with Gasteiger partial charge < -0.3 is 18.9 Å². The lowest BCUT2D eigenvalue weighted by Crippen LogP contribution is -2.20. The van der Waals surface area contributed by atoms with Gasteiger partial charge in [0, 0.05) is 11.3 Å². The first kappa shape index (κ1) is 30.2. The molecule has 1 heterocycles. The Kier molecular flexibility index (Phi) is 10.1. The van der Waals surface area contributed by atoms with E-state index < -0.39 is 0 Å². The number of benzene rings is 4. The van der Waals surface area contributed by atoms with Crippen LogP contribution >= 0.6 is 11.8 Å². The molecule has 1 aromatic heterocycles. The van der Waals surface area contributed by atoms with Crippen LogP contribution in [0.5, 0.6) is 23.0 Å². The van der Waals surface area contributed by atoms with E-state index in [1.165, 1.54) is 11.8 Å². The lowest BCUT2D eigenvalue weighted by atomic mass is 10.2. The minimum atomic E-state index is -0.295. The largest absolute Gasteiger partial charge is 0.497 e. The van der Waals surface area contributed by atoms with Gasteiger partial charge in [-0.2, -0.15) is 5.10 Å². The summed E-state index contributed by atoms with van der Waals surface area (Å²) >= 11 is 1.25. The molecule has 0 aliphatic rings. The van der Waals surface area contributed by atoms with Crippen LogP contribution in [0.1, 0.15) is 11.1 Å². The van der Waals surface area contributed by atoms with Crippen LogP contribution in [0.3, 0.4) is 0 Å². The number of hydrazone groups is 1. The molecular formula is C33H31N5O5S. The van der Waals surface area contributed by atoms with Crippen LogP contribution in [0.2, 0.25) is 0 Å². The van der Waals surface area contributed by atoms with E-state index in [1.807, 2.05) is 95.6 Å². The number of ether oxygens (including phenoxy) is 4. The predicted octanol–water partition coefficient (Wildman–Crippen LogP) is 5.78. The number of aromatic nitrogens is 3. The maximum Gasteiger partial charge on any atom is 0.250 e. The molecule has 1 N–H and O–H groups in total. The van der Waals surface area contributed by atoms with Crippen molar-refractivity contribution in [3.63, 3.8) is 0 Å². The number of thioether (sulfide) groups is 1. The lowest BCUT2D eigenvalue weighted by molar-refractivity contribution is -0.118. The van der Waals surface area contributed by atoms with Crippen molar-refractivity contribution in [3.05, 3.63) is 108 Å². The molecule has 0 radical (unpaired) electrons. The number of carbonyl (C=O) groups excluding carboxylic acids is 1. The Morgan fingerprint density at radius 3 is 2.23 bits per heavy atom. The summed E-state index contributed by atoms with van der Waals surface area (Å²) in [5.41, 5.74) is 6.05. The van der Waals surface area contributed by atoms with Crippen molar-refractivity contribution in [2.75, 3.05) is 27.1 Å². The first-order valence-electron chi connectivity index (χ1n) is 13.6. The molecule has 0 aliphatic carbocycles. The molecule has 0 saturated heterocycles. The summed E-state index contributed by atoms with van der Waals surface area (Å²) in [7, 11) is 4.82. The summed E-state index contributed by atoms with van der Waals surface area (Å²) in [4.78, 5) is 12.7. The van der Waals surface area contributed by atoms with Crippen molar-refractivity contribution in [1.29, 1.82) is 0 Å². The SMILES string of the molecule is COc1ccc(-c2nnc(SCC(=O)N/N=C\c3ccc(OCc4ccccc4)c(OC)c3)n2-c2ccc(OC)cc2)cc1. The van der Waals surface area contributed by atoms with Gasteiger partial charge in [-0.15, -0.1) is 10.2 Å². The zero-order valence-electron chi connectivity index (χ0n) is 24.5. The van der Waals surface area contributed by atoms with Crippen molar-refractivity contribution >= 4 is 23.9 Å². The third-order valence-electron chi connectivity index (χ3n) is 6.47. The first-order chi connectivity index (χ1) is 21.6. The molecule has 5 rings (SSSR count). The molecule has 4 aromatic carbocycles. The van der Waals surface area contributed by atoms with Crippen LogP contribution in [-0.2, 0) is 11.4 Å². The Balaban J connectivity index is 1.24. The number of amides is 1. The van der Waals surface area contributed by atoms with Crippen molar-refractivity contribution < 1.29 is 23.7 Å². The number of hydrogen-bond acceptors (Lipinski definition) is 9. The summed E-state index contributed by atoms with van der Waals surface area (Å²) in [6.07, 6.45) is 1.55. The van der Waals surface area contributed by atoms with Crippen molar-refractivity contribution in [2.45, 2.75) is 11.8 Å². The molecule has 0 aliphatic heterocycles. The third-order valence-corrected chi connectivity index (χ3v) is 7.40. The second kappa shape index (κ2) is 14.7. The van der Waals surface area contributed by atoms with Gasteiger partial charge in [0.1, 0.15) is 18.1 Å². The average molecular weight is 610 g/mol. The van der Waals surface area contributed by atoms with Gasteiger partial charge in [-0.1, -0.05) is 42.1 Å². The Hall–Kier alpha value is -5.29. The van der Waals surface area contributed by atoms with Gasteiger partial charge >= 0.3 is 0 Å². The molecule has 0 atom stereocenters. The molecule has 0 unspecified atom stereocenters. The molecule has 5 aromatic rings. The Labute approximate surface area is 259 Å².